The standard InChI is InChI=1S/C24H25FN4O2/c1-4-5-13-29-16(3)20(21(26-24(29)30)17-9-11-19(25)12-10-17)23-27-22(28-31-23)18-8-6-7-15(2)14-18/h6-12,14,21H,4-5,13H2,1-3H3,(H,26,30). The van der Waals surface area contributed by atoms with Crippen molar-refractivity contribution in [2.24, 2.45) is 0 Å². The lowest BCUT2D eigenvalue weighted by molar-refractivity contribution is 0.204. The highest BCUT2D eigenvalue weighted by Crippen LogP contribution is 2.37. The molecule has 0 saturated carbocycles. The van der Waals surface area contributed by atoms with Gasteiger partial charge in [-0.25, -0.2) is 9.18 Å². The molecule has 0 spiro atoms. The number of nitrogens with zero attached hydrogens (tertiary/aromatic N) is 3. The molecule has 1 unspecified atom stereocenters. The van der Waals surface area contributed by atoms with Gasteiger partial charge >= 0.3 is 6.03 Å². The number of carbonyl (C=O) groups is 1. The van der Waals surface area contributed by atoms with E-state index < -0.39 is 6.04 Å². The van der Waals surface area contributed by atoms with E-state index in [-0.39, 0.29) is 11.8 Å². The van der Waals surface area contributed by atoms with Gasteiger partial charge in [-0.05, 0) is 44.0 Å². The van der Waals surface area contributed by atoms with Crippen LogP contribution in [0.25, 0.3) is 17.0 Å². The molecule has 1 atom stereocenters. The van der Waals surface area contributed by atoms with Gasteiger partial charge in [-0.15, -0.1) is 0 Å². The lowest BCUT2D eigenvalue weighted by Crippen LogP contribution is -2.46. The highest BCUT2D eigenvalue weighted by Gasteiger charge is 2.35. The van der Waals surface area contributed by atoms with Crippen molar-refractivity contribution in [3.8, 4) is 11.4 Å². The molecule has 7 heteroatoms. The first-order valence-electron chi connectivity index (χ1n) is 10.4. The number of halogens is 1. The molecule has 160 valence electrons. The van der Waals surface area contributed by atoms with Crippen LogP contribution in [0.3, 0.4) is 0 Å². The minimum absolute atomic E-state index is 0.192. The van der Waals surface area contributed by atoms with Crippen molar-refractivity contribution in [1.29, 1.82) is 0 Å². The van der Waals surface area contributed by atoms with Gasteiger partial charge in [-0.3, -0.25) is 4.90 Å². The van der Waals surface area contributed by atoms with Crippen LogP contribution in [0.4, 0.5) is 9.18 Å². The van der Waals surface area contributed by atoms with Crippen LogP contribution in [-0.4, -0.2) is 27.6 Å². The normalized spacial score (nSPS) is 16.6. The molecule has 2 amide bonds. The number of hydrogen-bond donors (Lipinski definition) is 1. The third-order valence-electron chi connectivity index (χ3n) is 5.47. The summed E-state index contributed by atoms with van der Waals surface area (Å²) in [6.07, 6.45) is 1.84. The molecule has 0 fully saturated rings. The maximum atomic E-state index is 13.5. The minimum Gasteiger partial charge on any atom is -0.334 e. The zero-order valence-corrected chi connectivity index (χ0v) is 17.9. The first-order valence-corrected chi connectivity index (χ1v) is 10.4. The number of rotatable bonds is 6. The number of benzene rings is 2. The Balaban J connectivity index is 1.80. The topological polar surface area (TPSA) is 71.3 Å². The van der Waals surface area contributed by atoms with Crippen molar-refractivity contribution in [2.45, 2.75) is 39.7 Å². The van der Waals surface area contributed by atoms with Crippen molar-refractivity contribution in [2.75, 3.05) is 6.54 Å². The van der Waals surface area contributed by atoms with Gasteiger partial charge in [0.2, 0.25) is 5.82 Å². The maximum Gasteiger partial charge on any atom is 0.322 e. The monoisotopic (exact) mass is 420 g/mol. The quantitative estimate of drug-likeness (QED) is 0.573. The minimum atomic E-state index is -0.517. The average molecular weight is 420 g/mol. The van der Waals surface area contributed by atoms with Crippen LogP contribution in [0.1, 0.15) is 49.7 Å². The van der Waals surface area contributed by atoms with Crippen molar-refractivity contribution < 1.29 is 13.7 Å². The van der Waals surface area contributed by atoms with Crippen molar-refractivity contribution in [1.82, 2.24) is 20.4 Å². The van der Waals surface area contributed by atoms with E-state index >= 15 is 0 Å². The van der Waals surface area contributed by atoms with Gasteiger partial charge in [0.25, 0.3) is 5.89 Å². The number of aryl methyl sites for hydroxylation is 1. The van der Waals surface area contributed by atoms with Crippen molar-refractivity contribution >= 4 is 11.6 Å². The molecule has 0 saturated heterocycles. The number of nitrogens with one attached hydrogen (secondary N) is 1. The molecule has 4 rings (SSSR count). The van der Waals surface area contributed by atoms with Crippen LogP contribution < -0.4 is 5.32 Å². The van der Waals surface area contributed by atoms with Gasteiger partial charge in [0.15, 0.2) is 0 Å². The molecular formula is C24H25FN4O2. The predicted molar refractivity (Wildman–Crippen MR) is 116 cm³/mol. The number of amides is 2. The van der Waals surface area contributed by atoms with Crippen LogP contribution in [0.2, 0.25) is 0 Å². The lowest BCUT2D eigenvalue weighted by Gasteiger charge is -2.35. The summed E-state index contributed by atoms with van der Waals surface area (Å²) < 4.78 is 19.2. The molecule has 1 N–H and O–H groups in total. The second kappa shape index (κ2) is 8.71. The van der Waals surface area contributed by atoms with E-state index in [0.717, 1.165) is 35.2 Å². The summed E-state index contributed by atoms with van der Waals surface area (Å²) in [4.78, 5) is 19.2. The Morgan fingerprint density at radius 3 is 2.65 bits per heavy atom. The predicted octanol–water partition coefficient (Wildman–Crippen LogP) is 5.48. The third kappa shape index (κ3) is 4.21. The molecule has 1 aliphatic heterocycles. The van der Waals surface area contributed by atoms with Gasteiger partial charge in [0.05, 0.1) is 11.6 Å². The molecule has 1 aromatic heterocycles. The van der Waals surface area contributed by atoms with Crippen LogP contribution >= 0.6 is 0 Å². The van der Waals surface area contributed by atoms with Gasteiger partial charge < -0.3 is 9.84 Å². The largest absolute Gasteiger partial charge is 0.334 e. The van der Waals surface area contributed by atoms with Crippen LogP contribution in [0, 0.1) is 12.7 Å². The molecule has 1 aliphatic rings. The summed E-state index contributed by atoms with van der Waals surface area (Å²) in [5.41, 5.74) is 4.17. The molecule has 3 aromatic rings. The van der Waals surface area contributed by atoms with Gasteiger partial charge in [0, 0.05) is 17.8 Å². The fourth-order valence-corrected chi connectivity index (χ4v) is 3.78. The van der Waals surface area contributed by atoms with Crippen LogP contribution in [0.5, 0.6) is 0 Å². The summed E-state index contributed by atoms with van der Waals surface area (Å²) in [6.45, 7) is 6.56. The smallest absolute Gasteiger partial charge is 0.322 e. The molecule has 0 radical (unpaired) electrons. The Kier molecular flexibility index (Phi) is 5.84. The first kappa shape index (κ1) is 20.8. The van der Waals surface area contributed by atoms with E-state index in [1.807, 2.05) is 38.1 Å². The molecule has 0 aliphatic carbocycles. The third-order valence-corrected chi connectivity index (χ3v) is 5.47. The Morgan fingerprint density at radius 1 is 1.16 bits per heavy atom. The van der Waals surface area contributed by atoms with E-state index in [0.29, 0.717) is 23.8 Å². The van der Waals surface area contributed by atoms with E-state index in [4.69, 9.17) is 4.52 Å². The Bertz CT molecular complexity index is 1120. The fourth-order valence-electron chi connectivity index (χ4n) is 3.78. The van der Waals surface area contributed by atoms with Crippen molar-refractivity contribution in [3.63, 3.8) is 0 Å². The summed E-state index contributed by atoms with van der Waals surface area (Å²) in [6, 6.07) is 13.2. The Morgan fingerprint density at radius 2 is 1.94 bits per heavy atom. The number of aromatic nitrogens is 2. The summed E-state index contributed by atoms with van der Waals surface area (Å²) >= 11 is 0. The van der Waals surface area contributed by atoms with Gasteiger partial charge in [-0.1, -0.05) is 54.4 Å². The highest BCUT2D eigenvalue weighted by atomic mass is 19.1. The Labute approximate surface area is 180 Å². The molecule has 2 aromatic carbocycles. The maximum absolute atomic E-state index is 13.5. The van der Waals surface area contributed by atoms with E-state index in [2.05, 4.69) is 22.4 Å². The van der Waals surface area contributed by atoms with Gasteiger partial charge in [-0.2, -0.15) is 4.98 Å². The summed E-state index contributed by atoms with van der Waals surface area (Å²) in [5, 5.41) is 7.20. The van der Waals surface area contributed by atoms with E-state index in [1.54, 1.807) is 17.0 Å². The van der Waals surface area contributed by atoms with E-state index in [1.165, 1.54) is 12.1 Å². The summed E-state index contributed by atoms with van der Waals surface area (Å²) in [5.74, 6) is 0.482. The number of urea groups is 1. The second-order valence-corrected chi connectivity index (χ2v) is 7.73. The molecule has 0 bridgehead atoms. The SMILES string of the molecule is CCCCN1C(=O)NC(c2ccc(F)cc2)C(c2nc(-c3cccc(C)c3)no2)=C1C. The molecule has 6 nitrogen and oxygen atoms in total. The van der Waals surface area contributed by atoms with Gasteiger partial charge in [0.1, 0.15) is 5.82 Å². The average Bonchev–Trinajstić information content (AvgIpc) is 3.23. The molecule has 2 heterocycles. The Hall–Kier alpha value is -3.48. The van der Waals surface area contributed by atoms with Crippen LogP contribution in [-0.2, 0) is 0 Å². The van der Waals surface area contributed by atoms with E-state index in [9.17, 15) is 9.18 Å². The lowest BCUT2D eigenvalue weighted by atomic mass is 9.94. The fraction of sp³-hybridized carbons (Fsp3) is 0.292. The number of hydrogen-bond acceptors (Lipinski definition) is 4. The number of carbonyl (C=O) groups excluding carboxylic acids is 1. The number of unbranched alkanes of at least 4 members (excludes halogenated alkanes) is 1. The summed E-state index contributed by atoms with van der Waals surface area (Å²) in [7, 11) is 0. The van der Waals surface area contributed by atoms with Crippen molar-refractivity contribution in [3.05, 3.63) is 77.1 Å². The highest BCUT2D eigenvalue weighted by molar-refractivity contribution is 5.86. The van der Waals surface area contributed by atoms with Crippen LogP contribution in [0.15, 0.2) is 58.8 Å². The second-order valence-electron chi connectivity index (χ2n) is 7.73. The first-order chi connectivity index (χ1) is 15.0. The zero-order valence-electron chi connectivity index (χ0n) is 17.9. The zero-order chi connectivity index (χ0) is 22.0. The molecular weight excluding hydrogens is 395 g/mol. The molecule has 31 heavy (non-hydrogen) atoms. The number of allylic oxidation sites excluding steroid dienone is 1.